The largest absolute Gasteiger partial charge is 0.276 e. The van der Waals surface area contributed by atoms with E-state index in [1.807, 2.05) is 0 Å². The normalized spacial score (nSPS) is 11.7. The summed E-state index contributed by atoms with van der Waals surface area (Å²) in [5, 5.41) is 22.8. The maximum atomic E-state index is 11.6. The maximum absolute atomic E-state index is 11.6. The third-order valence-corrected chi connectivity index (χ3v) is 3.22. The van der Waals surface area contributed by atoms with Gasteiger partial charge in [0.1, 0.15) is 11.8 Å². The summed E-state index contributed by atoms with van der Waals surface area (Å²) in [7, 11) is -3.66. The summed E-state index contributed by atoms with van der Waals surface area (Å²) in [6.07, 6.45) is 0.929. The van der Waals surface area contributed by atoms with Gasteiger partial charge in [-0.15, -0.1) is 0 Å². The van der Waals surface area contributed by atoms with E-state index in [1.165, 1.54) is 13.0 Å². The van der Waals surface area contributed by atoms with Gasteiger partial charge in [-0.2, -0.15) is 10.4 Å². The number of nitro groups is 1. The number of hydrogen-bond donors (Lipinski definition) is 1. The van der Waals surface area contributed by atoms with Crippen LogP contribution in [0.15, 0.2) is 28.2 Å². The number of hydrogen-bond acceptors (Lipinski definition) is 7. The van der Waals surface area contributed by atoms with E-state index in [0.29, 0.717) is 0 Å². The van der Waals surface area contributed by atoms with Crippen LogP contribution in [0.4, 0.5) is 11.4 Å². The Kier molecular flexibility index (Phi) is 4.18. The molecule has 100 valence electrons. The van der Waals surface area contributed by atoms with Crippen LogP contribution in [0, 0.1) is 21.4 Å². The van der Waals surface area contributed by atoms with Gasteiger partial charge in [-0.25, -0.2) is 8.42 Å². The monoisotopic (exact) mass is 282 g/mol. The van der Waals surface area contributed by atoms with Crippen molar-refractivity contribution in [2.45, 2.75) is 11.8 Å². The highest BCUT2D eigenvalue weighted by Crippen LogP contribution is 2.26. The lowest BCUT2D eigenvalue weighted by Gasteiger charge is -2.06. The second kappa shape index (κ2) is 5.45. The van der Waals surface area contributed by atoms with Gasteiger partial charge in [-0.1, -0.05) is 0 Å². The van der Waals surface area contributed by atoms with Crippen LogP contribution in [0.5, 0.6) is 0 Å². The molecular formula is C10H10N4O4S. The van der Waals surface area contributed by atoms with Crippen LogP contribution in [-0.2, 0) is 9.84 Å². The van der Waals surface area contributed by atoms with Crippen molar-refractivity contribution in [2.75, 3.05) is 11.7 Å². The van der Waals surface area contributed by atoms with Gasteiger partial charge in [0.15, 0.2) is 9.84 Å². The summed E-state index contributed by atoms with van der Waals surface area (Å²) in [5.74, 6) is 0. The fourth-order valence-electron chi connectivity index (χ4n) is 1.19. The molecule has 0 spiro atoms. The van der Waals surface area contributed by atoms with E-state index in [9.17, 15) is 18.5 Å². The number of hydrazone groups is 1. The first-order valence-electron chi connectivity index (χ1n) is 4.94. The van der Waals surface area contributed by atoms with E-state index in [1.54, 1.807) is 6.07 Å². The minimum Gasteiger partial charge on any atom is -0.276 e. The number of nitrogens with zero attached hydrogens (tertiary/aromatic N) is 3. The van der Waals surface area contributed by atoms with E-state index in [0.717, 1.165) is 18.4 Å². The molecule has 1 aromatic carbocycles. The lowest BCUT2D eigenvalue weighted by molar-refractivity contribution is -0.385. The van der Waals surface area contributed by atoms with Gasteiger partial charge < -0.3 is 0 Å². The number of rotatable bonds is 4. The highest BCUT2D eigenvalue weighted by atomic mass is 32.2. The van der Waals surface area contributed by atoms with Crippen LogP contribution in [-0.4, -0.2) is 25.3 Å². The van der Waals surface area contributed by atoms with Crippen LogP contribution in [0.1, 0.15) is 6.92 Å². The highest BCUT2D eigenvalue weighted by molar-refractivity contribution is 7.90. The highest BCUT2D eigenvalue weighted by Gasteiger charge is 2.18. The fraction of sp³-hybridized carbons (Fsp3) is 0.200. The minimum atomic E-state index is -3.66. The molecule has 1 rings (SSSR count). The Morgan fingerprint density at radius 2 is 2.16 bits per heavy atom. The van der Waals surface area contributed by atoms with Crippen LogP contribution < -0.4 is 5.43 Å². The van der Waals surface area contributed by atoms with Crippen LogP contribution in [0.25, 0.3) is 0 Å². The minimum absolute atomic E-state index is 0.0719. The van der Waals surface area contributed by atoms with Crippen molar-refractivity contribution in [3.05, 3.63) is 28.3 Å². The van der Waals surface area contributed by atoms with Crippen molar-refractivity contribution in [1.29, 1.82) is 5.26 Å². The molecule has 0 radical (unpaired) electrons. The van der Waals surface area contributed by atoms with Gasteiger partial charge in [-0.3, -0.25) is 15.5 Å². The van der Waals surface area contributed by atoms with E-state index < -0.39 is 14.8 Å². The predicted octanol–water partition coefficient (Wildman–Crippen LogP) is 1.31. The summed E-state index contributed by atoms with van der Waals surface area (Å²) in [6.45, 7) is 1.43. The van der Waals surface area contributed by atoms with Crippen molar-refractivity contribution in [1.82, 2.24) is 0 Å². The molecule has 0 saturated heterocycles. The average Bonchev–Trinajstić information content (AvgIpc) is 2.34. The zero-order valence-electron chi connectivity index (χ0n) is 10.1. The molecule has 0 saturated carbocycles. The topological polar surface area (TPSA) is 125 Å². The molecule has 0 bridgehead atoms. The summed E-state index contributed by atoms with van der Waals surface area (Å²) in [4.78, 5) is 9.68. The van der Waals surface area contributed by atoms with E-state index in [2.05, 4.69) is 10.5 Å². The maximum Gasteiger partial charge on any atom is 0.270 e. The molecular weight excluding hydrogens is 272 g/mol. The zero-order valence-corrected chi connectivity index (χ0v) is 10.9. The Morgan fingerprint density at radius 1 is 1.53 bits per heavy atom. The third-order valence-electron chi connectivity index (χ3n) is 2.08. The quantitative estimate of drug-likeness (QED) is 0.504. The third kappa shape index (κ3) is 3.75. The molecule has 1 N–H and O–H groups in total. The predicted molar refractivity (Wildman–Crippen MR) is 68.6 cm³/mol. The molecule has 0 amide bonds. The first-order chi connectivity index (χ1) is 8.75. The van der Waals surface area contributed by atoms with Gasteiger partial charge in [-0.05, 0) is 13.0 Å². The van der Waals surface area contributed by atoms with Gasteiger partial charge >= 0.3 is 0 Å². The first-order valence-corrected chi connectivity index (χ1v) is 6.83. The Labute approximate surface area is 109 Å². The lowest BCUT2D eigenvalue weighted by atomic mass is 10.3. The van der Waals surface area contributed by atoms with Crippen molar-refractivity contribution >= 4 is 26.9 Å². The lowest BCUT2D eigenvalue weighted by Crippen LogP contribution is -2.04. The zero-order chi connectivity index (χ0) is 14.6. The number of sulfone groups is 1. The van der Waals surface area contributed by atoms with E-state index in [4.69, 9.17) is 5.26 Å². The summed E-state index contributed by atoms with van der Waals surface area (Å²) >= 11 is 0. The average molecular weight is 282 g/mol. The summed E-state index contributed by atoms with van der Waals surface area (Å²) in [5.41, 5.74) is 2.23. The SMILES string of the molecule is CC(C#N)=NNc1ccc([N+](=O)[O-])cc1S(C)(=O)=O. The Morgan fingerprint density at radius 3 is 2.63 bits per heavy atom. The molecule has 0 aliphatic heterocycles. The first kappa shape index (κ1) is 14.6. The van der Waals surface area contributed by atoms with Crippen molar-refractivity contribution in [3.8, 4) is 6.07 Å². The number of nitro benzene ring substituents is 1. The van der Waals surface area contributed by atoms with Gasteiger partial charge in [0.05, 0.1) is 15.5 Å². The molecule has 8 nitrogen and oxygen atoms in total. The summed E-state index contributed by atoms with van der Waals surface area (Å²) < 4.78 is 23.1. The second-order valence-electron chi connectivity index (χ2n) is 3.63. The standard InChI is InChI=1S/C10H10N4O4S/c1-7(6-11)12-13-9-4-3-8(14(15)16)5-10(9)19(2,17)18/h3-5,13H,1-2H3. The Bertz CT molecular complexity index is 688. The molecule has 9 heteroatoms. The van der Waals surface area contributed by atoms with Crippen LogP contribution in [0.3, 0.4) is 0 Å². The molecule has 0 aliphatic rings. The van der Waals surface area contributed by atoms with Crippen molar-refractivity contribution in [3.63, 3.8) is 0 Å². The second-order valence-corrected chi connectivity index (χ2v) is 5.61. The van der Waals surface area contributed by atoms with E-state index >= 15 is 0 Å². The molecule has 0 unspecified atom stereocenters. The smallest absolute Gasteiger partial charge is 0.270 e. The Hall–Kier alpha value is -2.47. The fourth-order valence-corrected chi connectivity index (χ4v) is 2.04. The molecule has 1 aromatic rings. The molecule has 0 heterocycles. The molecule has 0 aliphatic carbocycles. The molecule has 0 fully saturated rings. The number of nitriles is 1. The van der Waals surface area contributed by atoms with Gasteiger partial charge in [0.2, 0.25) is 0 Å². The summed E-state index contributed by atoms with van der Waals surface area (Å²) in [6, 6.07) is 5.06. The van der Waals surface area contributed by atoms with Gasteiger partial charge in [0, 0.05) is 18.4 Å². The molecule has 0 aromatic heterocycles. The Balaban J connectivity index is 3.34. The van der Waals surface area contributed by atoms with Gasteiger partial charge in [0.25, 0.3) is 5.69 Å². The van der Waals surface area contributed by atoms with E-state index in [-0.39, 0.29) is 22.0 Å². The van der Waals surface area contributed by atoms with Crippen molar-refractivity contribution in [2.24, 2.45) is 5.10 Å². The van der Waals surface area contributed by atoms with Crippen molar-refractivity contribution < 1.29 is 13.3 Å². The number of nitrogens with one attached hydrogen (secondary N) is 1. The molecule has 0 atom stereocenters. The number of benzene rings is 1. The molecule has 19 heavy (non-hydrogen) atoms. The van der Waals surface area contributed by atoms with Crippen LogP contribution >= 0.6 is 0 Å². The number of non-ortho nitro benzene ring substituents is 1. The number of anilines is 1. The van der Waals surface area contributed by atoms with Crippen LogP contribution in [0.2, 0.25) is 0 Å².